The first-order valence-electron chi connectivity index (χ1n) is 20.5. The molecule has 0 saturated heterocycles. The van der Waals surface area contributed by atoms with Crippen LogP contribution < -0.4 is 15.8 Å². The first-order chi connectivity index (χ1) is 31.9. The lowest BCUT2D eigenvalue weighted by Crippen LogP contribution is -2.37. The third kappa shape index (κ3) is 5.39. The van der Waals surface area contributed by atoms with Crippen molar-refractivity contribution in [2.75, 3.05) is 10.2 Å². The lowest BCUT2D eigenvalue weighted by molar-refractivity contribution is 0.0980. The number of nitrogens with one attached hydrogen (secondary N) is 1. The Morgan fingerprint density at radius 2 is 1.22 bits per heavy atom. The van der Waals surface area contributed by atoms with E-state index in [1.165, 1.54) is 0 Å². The van der Waals surface area contributed by atoms with Crippen molar-refractivity contribution in [1.29, 1.82) is 0 Å². The van der Waals surface area contributed by atoms with Crippen LogP contribution in [0.4, 0.5) is 34.1 Å². The van der Waals surface area contributed by atoms with Crippen LogP contribution in [0.15, 0.2) is 175 Å². The number of azo groups is 2. The van der Waals surface area contributed by atoms with Crippen LogP contribution in [-0.2, 0) is 0 Å². The van der Waals surface area contributed by atoms with Crippen LogP contribution >= 0.6 is 0 Å². The number of pyridine rings is 1. The van der Waals surface area contributed by atoms with E-state index in [2.05, 4.69) is 36.0 Å². The molecule has 13 rings (SSSR count). The number of fused-ring (bicyclic) bond motifs is 8. The van der Waals surface area contributed by atoms with E-state index in [9.17, 15) is 19.8 Å². The van der Waals surface area contributed by atoms with Crippen LogP contribution in [0.25, 0.3) is 71.9 Å². The van der Waals surface area contributed by atoms with Gasteiger partial charge in [-0.15, -0.1) is 20.4 Å². The van der Waals surface area contributed by atoms with Gasteiger partial charge in [-0.2, -0.15) is 10.2 Å². The fourth-order valence-corrected chi connectivity index (χ4v) is 9.18. The summed E-state index contributed by atoms with van der Waals surface area (Å²) in [5.41, 5.74) is 7.42. The normalized spacial score (nSPS) is 14.5. The summed E-state index contributed by atoms with van der Waals surface area (Å²) in [7, 11) is 0. The highest BCUT2D eigenvalue weighted by Crippen LogP contribution is 2.51. The standard InChI is InChI=1S/C50H28N10O5/c61-39-23-33-41-29(7-5-9-31(41)49(63)59-37-13-3-1-11-35(37)51-45(33)59)43(39)55-53-27-19-15-25(16-20-27)47-57-58-48(65-47)26-17-21-28(22-18-26)54-56-44-30-8-6-10-32-42(30)34(24-40(44)62)46-52-36-12-2-4-14-38(36)60(46)50(32)64/h1-24,45,51,61-62H. The Morgan fingerprint density at radius 3 is 1.94 bits per heavy atom. The number of benzene rings is 8. The number of hydrogen-bond acceptors (Lipinski definition) is 13. The van der Waals surface area contributed by atoms with Crippen molar-refractivity contribution in [3.63, 3.8) is 0 Å². The minimum absolute atomic E-state index is 0.0548. The van der Waals surface area contributed by atoms with E-state index < -0.39 is 6.17 Å². The smallest absolute Gasteiger partial charge is 0.264 e. The Morgan fingerprint density at radius 1 is 0.600 bits per heavy atom. The minimum atomic E-state index is -0.465. The maximum atomic E-state index is 13.8. The molecule has 3 aromatic heterocycles. The number of hydrogen-bond donors (Lipinski definition) is 3. The Labute approximate surface area is 365 Å². The molecule has 1 atom stereocenters. The molecule has 2 aliphatic heterocycles. The minimum Gasteiger partial charge on any atom is -0.506 e. The largest absolute Gasteiger partial charge is 0.506 e. The van der Waals surface area contributed by atoms with Crippen molar-refractivity contribution < 1.29 is 19.4 Å². The second-order valence-electron chi connectivity index (χ2n) is 15.8. The SMILES string of the molecule is O=C1c2cccc3c(N=Nc4ccc(-c5nnc(-c6ccc(N=Nc7c(O)cc8c9c7cccc9c(=O)n7c9ccccc9nc87)cc6)o5)cc4)c(O)cc(c23)C2Nc3ccccc3N12. The Balaban J connectivity index is 0.742. The molecule has 2 aliphatic rings. The molecule has 8 aromatic carbocycles. The van der Waals surface area contributed by atoms with Gasteiger partial charge in [-0.3, -0.25) is 18.9 Å². The van der Waals surface area contributed by atoms with Gasteiger partial charge in [0.25, 0.3) is 11.5 Å². The topological polar surface area (TPSA) is 196 Å². The molecule has 15 nitrogen and oxygen atoms in total. The van der Waals surface area contributed by atoms with Crippen molar-refractivity contribution in [2.45, 2.75) is 6.17 Å². The number of phenols is 2. The molecule has 0 radical (unpaired) electrons. The molecule has 15 heteroatoms. The van der Waals surface area contributed by atoms with Gasteiger partial charge in [0.15, 0.2) is 0 Å². The predicted octanol–water partition coefficient (Wildman–Crippen LogP) is 11.8. The van der Waals surface area contributed by atoms with Gasteiger partial charge in [0.2, 0.25) is 11.8 Å². The van der Waals surface area contributed by atoms with Crippen LogP contribution in [0.3, 0.4) is 0 Å². The fourth-order valence-electron chi connectivity index (χ4n) is 9.18. The molecular formula is C50H28N10O5. The Bertz CT molecular complexity index is 3960. The van der Waals surface area contributed by atoms with E-state index >= 15 is 0 Å². The lowest BCUT2D eigenvalue weighted by Gasteiger charge is -2.32. The molecule has 0 bridgehead atoms. The zero-order chi connectivity index (χ0) is 43.5. The number of aromatic nitrogens is 4. The molecule has 0 fully saturated rings. The van der Waals surface area contributed by atoms with E-state index in [0.29, 0.717) is 83.5 Å². The third-order valence-corrected chi connectivity index (χ3v) is 12.1. The molecule has 0 aliphatic carbocycles. The highest BCUT2D eigenvalue weighted by Gasteiger charge is 2.41. The van der Waals surface area contributed by atoms with E-state index in [1.807, 2.05) is 60.7 Å². The van der Waals surface area contributed by atoms with Crippen LogP contribution in [0.1, 0.15) is 22.1 Å². The van der Waals surface area contributed by atoms with Gasteiger partial charge in [-0.05, 0) is 97.1 Å². The second kappa shape index (κ2) is 13.6. The number of anilines is 2. The van der Waals surface area contributed by atoms with Gasteiger partial charge in [-0.1, -0.05) is 48.5 Å². The number of phenolic OH excluding ortho intramolecular Hbond substituents is 2. The van der Waals surface area contributed by atoms with E-state index in [-0.39, 0.29) is 34.3 Å². The molecule has 5 heterocycles. The van der Waals surface area contributed by atoms with Crippen molar-refractivity contribution in [2.24, 2.45) is 20.5 Å². The van der Waals surface area contributed by atoms with Crippen LogP contribution in [0.2, 0.25) is 0 Å². The highest BCUT2D eigenvalue weighted by molar-refractivity contribution is 6.22. The van der Waals surface area contributed by atoms with Crippen molar-refractivity contribution >= 4 is 89.0 Å². The maximum absolute atomic E-state index is 13.8. The first kappa shape index (κ1) is 36.3. The van der Waals surface area contributed by atoms with E-state index in [4.69, 9.17) is 9.40 Å². The summed E-state index contributed by atoms with van der Waals surface area (Å²) in [6, 6.07) is 43.2. The number of rotatable bonds is 6. The zero-order valence-electron chi connectivity index (χ0n) is 33.6. The van der Waals surface area contributed by atoms with Gasteiger partial charge >= 0.3 is 0 Å². The average Bonchev–Trinajstić information content (AvgIpc) is 4.09. The summed E-state index contributed by atoms with van der Waals surface area (Å²) in [6.45, 7) is 0. The fraction of sp³-hybridized carbons (Fsp3) is 0.0200. The number of aromatic hydroxyl groups is 2. The van der Waals surface area contributed by atoms with Gasteiger partial charge in [0, 0.05) is 54.6 Å². The summed E-state index contributed by atoms with van der Waals surface area (Å²) in [6.07, 6.45) is -0.465. The maximum Gasteiger partial charge on any atom is 0.264 e. The van der Waals surface area contributed by atoms with Crippen molar-refractivity contribution in [3.05, 3.63) is 167 Å². The number of imidazole rings is 1. The number of para-hydroxylation sites is 4. The molecule has 308 valence electrons. The number of carbonyl (C=O) groups excluding carboxylic acids is 1. The number of amides is 1. The molecule has 3 N–H and O–H groups in total. The number of carbonyl (C=O) groups is 1. The number of nitrogens with zero attached hydrogens (tertiary/aromatic N) is 9. The van der Waals surface area contributed by atoms with E-state index in [1.54, 1.807) is 94.2 Å². The highest BCUT2D eigenvalue weighted by atomic mass is 16.4. The zero-order valence-corrected chi connectivity index (χ0v) is 33.6. The van der Waals surface area contributed by atoms with Crippen molar-refractivity contribution in [3.8, 4) is 34.4 Å². The monoisotopic (exact) mass is 848 g/mol. The summed E-state index contributed by atoms with van der Waals surface area (Å²) in [4.78, 5) is 34.0. The summed E-state index contributed by atoms with van der Waals surface area (Å²) >= 11 is 0. The third-order valence-electron chi connectivity index (χ3n) is 12.1. The molecule has 1 unspecified atom stereocenters. The average molecular weight is 849 g/mol. The molecule has 0 spiro atoms. The lowest BCUT2D eigenvalue weighted by atomic mass is 9.91. The molecule has 1 amide bonds. The van der Waals surface area contributed by atoms with Crippen LogP contribution in [0, 0.1) is 0 Å². The summed E-state index contributed by atoms with van der Waals surface area (Å²) < 4.78 is 7.63. The Kier molecular flexibility index (Phi) is 7.57. The quantitative estimate of drug-likeness (QED) is 0.136. The Hall–Kier alpha value is -9.37. The van der Waals surface area contributed by atoms with Crippen LogP contribution in [0.5, 0.6) is 11.5 Å². The van der Waals surface area contributed by atoms with Gasteiger partial charge < -0.3 is 19.9 Å². The van der Waals surface area contributed by atoms with Gasteiger partial charge in [0.05, 0.1) is 33.8 Å². The molecular weight excluding hydrogens is 821 g/mol. The predicted molar refractivity (Wildman–Crippen MR) is 246 cm³/mol. The first-order valence-corrected chi connectivity index (χ1v) is 20.5. The van der Waals surface area contributed by atoms with Crippen molar-refractivity contribution in [1.82, 2.24) is 19.6 Å². The second-order valence-corrected chi connectivity index (χ2v) is 15.8. The van der Waals surface area contributed by atoms with Gasteiger partial charge in [0.1, 0.15) is 34.7 Å². The summed E-state index contributed by atoms with van der Waals surface area (Å²) in [5.74, 6) is 0.303. The molecule has 11 aromatic rings. The summed E-state index contributed by atoms with van der Waals surface area (Å²) in [5, 5.41) is 55.9. The van der Waals surface area contributed by atoms with Crippen LogP contribution in [-0.4, -0.2) is 35.7 Å². The molecule has 0 saturated carbocycles. The van der Waals surface area contributed by atoms with E-state index in [0.717, 1.165) is 22.3 Å². The molecule has 65 heavy (non-hydrogen) atoms. The van der Waals surface area contributed by atoms with Gasteiger partial charge in [-0.25, -0.2) is 4.98 Å².